The molecule has 1 atom stereocenters. The summed E-state index contributed by atoms with van der Waals surface area (Å²) in [5, 5.41) is 12.4. The predicted molar refractivity (Wildman–Crippen MR) is 130 cm³/mol. The van der Waals surface area contributed by atoms with Crippen LogP contribution in [0.25, 0.3) is 10.9 Å². The lowest BCUT2D eigenvalue weighted by Gasteiger charge is -2.50. The number of rotatable bonds is 4. The van der Waals surface area contributed by atoms with E-state index in [1.165, 1.54) is 10.9 Å². The largest absolute Gasteiger partial charge is 0.497 e. The molecule has 0 unspecified atom stereocenters. The summed E-state index contributed by atoms with van der Waals surface area (Å²) in [5.74, 6) is 0.937. The number of piperidine rings is 1. The number of amides is 1. The Morgan fingerprint density at radius 2 is 2.03 bits per heavy atom. The van der Waals surface area contributed by atoms with E-state index in [0.717, 1.165) is 55.0 Å². The number of nitrogens with zero attached hydrogens (tertiary/aromatic N) is 2. The van der Waals surface area contributed by atoms with Gasteiger partial charge >= 0.3 is 0 Å². The first-order chi connectivity index (χ1) is 15.9. The van der Waals surface area contributed by atoms with Gasteiger partial charge < -0.3 is 19.7 Å². The molecular formula is C26H30ClN3O3. The van der Waals surface area contributed by atoms with Gasteiger partial charge in [-0.15, -0.1) is 0 Å². The molecule has 0 radical (unpaired) electrons. The Labute approximate surface area is 199 Å². The van der Waals surface area contributed by atoms with Crippen LogP contribution in [-0.2, 0) is 16.8 Å². The first-order valence-electron chi connectivity index (χ1n) is 11.5. The highest BCUT2D eigenvalue weighted by molar-refractivity contribution is 6.30. The molecule has 0 bridgehead atoms. The lowest BCUT2D eigenvalue weighted by molar-refractivity contribution is -0.130. The first kappa shape index (κ1) is 22.3. The van der Waals surface area contributed by atoms with Gasteiger partial charge in [0.25, 0.3) is 0 Å². The van der Waals surface area contributed by atoms with Crippen LogP contribution in [0.1, 0.15) is 42.6 Å². The Hall–Kier alpha value is -2.54. The molecule has 3 aromatic rings. The maximum Gasteiger partial charge on any atom is 0.219 e. The average Bonchev–Trinajstić information content (AvgIpc) is 3.19. The molecule has 1 saturated heterocycles. The fraction of sp³-hybridized carbons (Fsp3) is 0.423. The molecule has 1 aromatic heterocycles. The summed E-state index contributed by atoms with van der Waals surface area (Å²) in [6.07, 6.45) is 1.78. The van der Waals surface area contributed by atoms with Crippen LogP contribution in [0.4, 0.5) is 0 Å². The molecule has 0 saturated carbocycles. The van der Waals surface area contributed by atoms with Gasteiger partial charge in [0.05, 0.1) is 19.8 Å². The number of carbonyl (C=O) groups is 1. The van der Waals surface area contributed by atoms with Crippen LogP contribution >= 0.6 is 11.6 Å². The van der Waals surface area contributed by atoms with Crippen molar-refractivity contribution in [3.8, 4) is 5.75 Å². The van der Waals surface area contributed by atoms with E-state index >= 15 is 0 Å². The van der Waals surface area contributed by atoms with Crippen molar-refractivity contribution in [1.29, 1.82) is 0 Å². The van der Waals surface area contributed by atoms with E-state index < -0.39 is 0 Å². The van der Waals surface area contributed by atoms with E-state index in [1.54, 1.807) is 14.0 Å². The second kappa shape index (κ2) is 8.67. The summed E-state index contributed by atoms with van der Waals surface area (Å²) in [6, 6.07) is 13.9. The minimum absolute atomic E-state index is 0.0210. The molecule has 174 valence electrons. The number of aliphatic hydroxyl groups excluding tert-OH is 1. The monoisotopic (exact) mass is 467 g/mol. The fourth-order valence-corrected chi connectivity index (χ4v) is 6.02. The molecule has 7 heteroatoms. The summed E-state index contributed by atoms with van der Waals surface area (Å²) >= 11 is 6.26. The maximum atomic E-state index is 12.0. The van der Waals surface area contributed by atoms with Crippen molar-refractivity contribution < 1.29 is 14.6 Å². The van der Waals surface area contributed by atoms with E-state index in [0.29, 0.717) is 11.6 Å². The van der Waals surface area contributed by atoms with Gasteiger partial charge in [0.2, 0.25) is 5.91 Å². The second-order valence-electron chi connectivity index (χ2n) is 9.34. The predicted octanol–water partition coefficient (Wildman–Crippen LogP) is 4.26. The van der Waals surface area contributed by atoms with Crippen molar-refractivity contribution in [2.75, 3.05) is 33.4 Å². The number of fused-ring (bicyclic) bond motifs is 4. The zero-order chi connectivity index (χ0) is 23.2. The van der Waals surface area contributed by atoms with Crippen LogP contribution in [0.5, 0.6) is 5.75 Å². The lowest BCUT2D eigenvalue weighted by atomic mass is 9.68. The number of aliphatic hydroxyl groups is 1. The molecule has 2 aliphatic rings. The molecule has 1 fully saturated rings. The Morgan fingerprint density at radius 1 is 1.24 bits per heavy atom. The quantitative estimate of drug-likeness (QED) is 0.601. The van der Waals surface area contributed by atoms with Gasteiger partial charge in [-0.05, 0) is 48.2 Å². The van der Waals surface area contributed by atoms with Crippen molar-refractivity contribution in [2.45, 2.75) is 37.8 Å². The molecular weight excluding hydrogens is 438 g/mol. The van der Waals surface area contributed by atoms with Crippen molar-refractivity contribution in [3.63, 3.8) is 0 Å². The number of aromatic amines is 1. The van der Waals surface area contributed by atoms with Crippen LogP contribution in [-0.4, -0.2) is 59.1 Å². The van der Waals surface area contributed by atoms with Gasteiger partial charge in [-0.25, -0.2) is 0 Å². The molecule has 2 aliphatic heterocycles. The highest BCUT2D eigenvalue weighted by Crippen LogP contribution is 2.49. The van der Waals surface area contributed by atoms with Gasteiger partial charge in [-0.3, -0.25) is 9.69 Å². The van der Waals surface area contributed by atoms with Crippen molar-refractivity contribution >= 4 is 28.4 Å². The minimum atomic E-state index is -0.145. The standard InChI is InChI=1S/C26H30ClN3O3/c1-17(32)29-10-8-26(9-11-29)16-30(14-18-4-3-5-19(27)12-18)23(15-31)25-24(26)21-7-6-20(33-2)13-22(21)28-25/h3-7,12-13,23,28,31H,8-11,14-16H2,1-2H3/t23-/m1/s1. The number of hydrogen-bond acceptors (Lipinski definition) is 4. The van der Waals surface area contributed by atoms with Crippen LogP contribution in [0.3, 0.4) is 0 Å². The zero-order valence-electron chi connectivity index (χ0n) is 19.1. The number of carbonyl (C=O) groups excluding carboxylic acids is 1. The molecule has 0 aliphatic carbocycles. The van der Waals surface area contributed by atoms with Crippen molar-refractivity contribution in [2.24, 2.45) is 0 Å². The average molecular weight is 468 g/mol. The Bertz CT molecular complexity index is 1180. The van der Waals surface area contributed by atoms with Crippen LogP contribution < -0.4 is 4.74 Å². The summed E-state index contributed by atoms with van der Waals surface area (Å²) in [5.41, 5.74) is 4.42. The number of ether oxygens (including phenoxy) is 1. The lowest BCUT2D eigenvalue weighted by Crippen LogP contribution is -2.54. The fourth-order valence-electron chi connectivity index (χ4n) is 5.81. The summed E-state index contributed by atoms with van der Waals surface area (Å²) < 4.78 is 5.46. The van der Waals surface area contributed by atoms with Gasteiger partial charge in [-0.1, -0.05) is 23.7 Å². The van der Waals surface area contributed by atoms with E-state index in [-0.39, 0.29) is 24.0 Å². The number of methoxy groups -OCH3 is 1. The highest BCUT2D eigenvalue weighted by atomic mass is 35.5. The Kier molecular flexibility index (Phi) is 5.85. The minimum Gasteiger partial charge on any atom is -0.497 e. The van der Waals surface area contributed by atoms with E-state index in [2.05, 4.69) is 22.0 Å². The Morgan fingerprint density at radius 3 is 2.70 bits per heavy atom. The number of likely N-dealkylation sites (tertiary alicyclic amines) is 1. The highest BCUT2D eigenvalue weighted by Gasteiger charge is 2.47. The third-order valence-electron chi connectivity index (χ3n) is 7.46. The van der Waals surface area contributed by atoms with Crippen LogP contribution in [0.2, 0.25) is 5.02 Å². The normalized spacial score (nSPS) is 20.2. The molecule has 2 N–H and O–H groups in total. The number of H-pyrrole nitrogens is 1. The van der Waals surface area contributed by atoms with Gasteiger partial charge in [0.15, 0.2) is 0 Å². The third-order valence-corrected chi connectivity index (χ3v) is 7.69. The SMILES string of the molecule is COc1ccc2c3c([nH]c2c1)[C@@H](CO)N(Cc1cccc(Cl)c1)CC31CCN(C(C)=O)CC1. The topological polar surface area (TPSA) is 68.8 Å². The van der Waals surface area contributed by atoms with E-state index in [1.807, 2.05) is 35.2 Å². The number of halogens is 1. The molecule has 3 heterocycles. The number of hydrogen-bond donors (Lipinski definition) is 2. The molecule has 5 rings (SSSR count). The number of aromatic nitrogens is 1. The van der Waals surface area contributed by atoms with Gasteiger partial charge in [0.1, 0.15) is 5.75 Å². The Balaban J connectivity index is 1.61. The van der Waals surface area contributed by atoms with E-state index in [4.69, 9.17) is 16.3 Å². The molecule has 1 amide bonds. The molecule has 33 heavy (non-hydrogen) atoms. The molecule has 2 aromatic carbocycles. The molecule has 6 nitrogen and oxygen atoms in total. The zero-order valence-corrected chi connectivity index (χ0v) is 19.9. The summed E-state index contributed by atoms with van der Waals surface area (Å²) in [7, 11) is 1.67. The number of nitrogens with one attached hydrogen (secondary N) is 1. The van der Waals surface area contributed by atoms with Crippen molar-refractivity contribution in [3.05, 3.63) is 64.3 Å². The second-order valence-corrected chi connectivity index (χ2v) is 9.78. The molecule has 1 spiro atoms. The van der Waals surface area contributed by atoms with Gasteiger partial charge in [0, 0.05) is 66.2 Å². The van der Waals surface area contributed by atoms with Crippen LogP contribution in [0, 0.1) is 0 Å². The van der Waals surface area contributed by atoms with E-state index in [9.17, 15) is 9.90 Å². The summed E-state index contributed by atoms with van der Waals surface area (Å²) in [6.45, 7) is 4.67. The third kappa shape index (κ3) is 3.90. The first-order valence-corrected chi connectivity index (χ1v) is 11.9. The smallest absolute Gasteiger partial charge is 0.219 e. The number of benzene rings is 2. The summed E-state index contributed by atoms with van der Waals surface area (Å²) in [4.78, 5) is 20.0. The van der Waals surface area contributed by atoms with Gasteiger partial charge in [-0.2, -0.15) is 0 Å². The van der Waals surface area contributed by atoms with Crippen molar-refractivity contribution in [1.82, 2.24) is 14.8 Å². The van der Waals surface area contributed by atoms with Crippen LogP contribution in [0.15, 0.2) is 42.5 Å². The maximum absolute atomic E-state index is 12.0.